The number of ketones is 1. The Labute approximate surface area is 89.1 Å². The molecule has 1 aromatic heterocycles. The summed E-state index contributed by atoms with van der Waals surface area (Å²) in [5.41, 5.74) is 0.235. The minimum absolute atomic E-state index is 0.128. The van der Waals surface area contributed by atoms with Crippen LogP contribution in [0.15, 0.2) is 18.7 Å². The molecule has 4 heteroatoms. The Bertz CT molecular complexity index is 344. The second-order valence-corrected chi connectivity index (χ2v) is 3.92. The monoisotopic (exact) mass is 205 g/mol. The van der Waals surface area contributed by atoms with Gasteiger partial charge in [-0.15, -0.1) is 0 Å². The number of aromatic nitrogens is 2. The van der Waals surface area contributed by atoms with E-state index < -0.39 is 0 Å². The van der Waals surface area contributed by atoms with Gasteiger partial charge in [-0.2, -0.15) is 0 Å². The van der Waals surface area contributed by atoms with Crippen LogP contribution in [0.3, 0.4) is 0 Å². The van der Waals surface area contributed by atoms with Crippen molar-refractivity contribution in [2.24, 2.45) is 0 Å². The third-order valence-corrected chi connectivity index (χ3v) is 3.10. The summed E-state index contributed by atoms with van der Waals surface area (Å²) in [5, 5.41) is 3.31. The zero-order chi connectivity index (χ0) is 10.7. The maximum atomic E-state index is 12.3. The molecule has 0 aromatic carbocycles. The van der Waals surface area contributed by atoms with Crippen molar-refractivity contribution < 1.29 is 4.79 Å². The molecule has 0 spiro atoms. The highest BCUT2D eigenvalue weighted by Crippen LogP contribution is 2.26. The van der Waals surface area contributed by atoms with Crippen molar-refractivity contribution in [2.45, 2.75) is 31.7 Å². The largest absolute Gasteiger partial charge is 0.305 e. The van der Waals surface area contributed by atoms with Crippen molar-refractivity contribution in [3.05, 3.63) is 24.3 Å². The van der Waals surface area contributed by atoms with Crippen LogP contribution < -0.4 is 5.32 Å². The molecule has 15 heavy (non-hydrogen) atoms. The summed E-state index contributed by atoms with van der Waals surface area (Å²) in [7, 11) is 0. The van der Waals surface area contributed by atoms with Crippen molar-refractivity contribution >= 4 is 5.78 Å². The van der Waals surface area contributed by atoms with E-state index in [2.05, 4.69) is 15.3 Å². The second-order valence-electron chi connectivity index (χ2n) is 3.92. The van der Waals surface area contributed by atoms with E-state index in [0.717, 1.165) is 25.8 Å². The average molecular weight is 205 g/mol. The number of Topliss-reactive ketones (excluding diaryl/α,β-unsaturated/α-hetero) is 1. The molecule has 2 rings (SSSR count). The van der Waals surface area contributed by atoms with E-state index in [-0.39, 0.29) is 11.3 Å². The van der Waals surface area contributed by atoms with Gasteiger partial charge >= 0.3 is 0 Å². The van der Waals surface area contributed by atoms with Crippen LogP contribution in [0.25, 0.3) is 0 Å². The fraction of sp³-hybridized carbons (Fsp3) is 0.545. The van der Waals surface area contributed by atoms with E-state index in [1.165, 1.54) is 6.33 Å². The molecule has 1 fully saturated rings. The Hall–Kier alpha value is -1.29. The number of nitrogens with zero attached hydrogens (tertiary/aromatic N) is 2. The van der Waals surface area contributed by atoms with Gasteiger partial charge < -0.3 is 5.32 Å². The van der Waals surface area contributed by atoms with Crippen LogP contribution >= 0.6 is 0 Å². The number of nitrogens with one attached hydrogen (secondary N) is 1. The smallest absolute Gasteiger partial charge is 0.185 e. The van der Waals surface area contributed by atoms with Gasteiger partial charge in [-0.05, 0) is 25.8 Å². The van der Waals surface area contributed by atoms with Gasteiger partial charge in [-0.3, -0.25) is 4.79 Å². The Morgan fingerprint density at radius 1 is 1.53 bits per heavy atom. The molecule has 0 aliphatic carbocycles. The van der Waals surface area contributed by atoms with Crippen LogP contribution in [0.2, 0.25) is 0 Å². The molecule has 0 saturated carbocycles. The van der Waals surface area contributed by atoms with E-state index in [1.807, 2.05) is 6.92 Å². The quantitative estimate of drug-likeness (QED) is 0.753. The first kappa shape index (κ1) is 10.2. The summed E-state index contributed by atoms with van der Waals surface area (Å²) < 4.78 is 0. The first-order valence-electron chi connectivity index (χ1n) is 5.33. The minimum Gasteiger partial charge on any atom is -0.305 e. The Balaban J connectivity index is 2.27. The van der Waals surface area contributed by atoms with Crippen LogP contribution in [-0.4, -0.2) is 27.8 Å². The van der Waals surface area contributed by atoms with Crippen molar-refractivity contribution in [1.29, 1.82) is 0 Å². The van der Waals surface area contributed by atoms with Crippen LogP contribution in [0, 0.1) is 0 Å². The summed E-state index contributed by atoms with van der Waals surface area (Å²) in [6.45, 7) is 2.97. The topological polar surface area (TPSA) is 54.9 Å². The predicted octanol–water partition coefficient (Wildman–Crippen LogP) is 1.19. The first-order chi connectivity index (χ1) is 7.28. The van der Waals surface area contributed by atoms with Crippen molar-refractivity contribution in [3.8, 4) is 0 Å². The maximum Gasteiger partial charge on any atom is 0.185 e. The Kier molecular flexibility index (Phi) is 2.77. The van der Waals surface area contributed by atoms with Crippen molar-refractivity contribution in [3.63, 3.8) is 0 Å². The Morgan fingerprint density at radius 3 is 2.80 bits per heavy atom. The molecule has 1 aliphatic rings. The SMILES string of the molecule is CCC1(C(=O)c2cncnc2)CCCN1. The molecule has 2 heterocycles. The van der Waals surface area contributed by atoms with Gasteiger partial charge in [0.25, 0.3) is 0 Å². The normalized spacial score (nSPS) is 25.4. The molecule has 4 nitrogen and oxygen atoms in total. The molecule has 1 N–H and O–H groups in total. The standard InChI is InChI=1S/C11H15N3O/c1-2-11(4-3-5-14-11)10(15)9-6-12-8-13-7-9/h6-8,14H,2-5H2,1H3. The molecule has 0 bridgehead atoms. The lowest BCUT2D eigenvalue weighted by atomic mass is 9.86. The molecule has 1 unspecified atom stereocenters. The molecule has 1 saturated heterocycles. The number of hydrogen-bond acceptors (Lipinski definition) is 4. The average Bonchev–Trinajstić information content (AvgIpc) is 2.79. The molecular formula is C11H15N3O. The maximum absolute atomic E-state index is 12.3. The van der Waals surface area contributed by atoms with Crippen molar-refractivity contribution in [2.75, 3.05) is 6.54 Å². The first-order valence-corrected chi connectivity index (χ1v) is 5.33. The van der Waals surface area contributed by atoms with Gasteiger partial charge in [0, 0.05) is 12.4 Å². The third-order valence-electron chi connectivity index (χ3n) is 3.10. The number of carbonyl (C=O) groups excluding carboxylic acids is 1. The molecule has 0 amide bonds. The zero-order valence-electron chi connectivity index (χ0n) is 8.86. The fourth-order valence-corrected chi connectivity index (χ4v) is 2.16. The van der Waals surface area contributed by atoms with Gasteiger partial charge in [0.05, 0.1) is 11.1 Å². The summed E-state index contributed by atoms with van der Waals surface area (Å²) in [6.07, 6.45) is 7.42. The molecule has 0 radical (unpaired) electrons. The second kappa shape index (κ2) is 4.06. The van der Waals surface area contributed by atoms with Gasteiger partial charge in [-0.1, -0.05) is 6.92 Å². The van der Waals surface area contributed by atoms with Gasteiger partial charge in [0.1, 0.15) is 6.33 Å². The van der Waals surface area contributed by atoms with Gasteiger partial charge in [0.2, 0.25) is 0 Å². The Morgan fingerprint density at radius 2 is 2.27 bits per heavy atom. The molecular weight excluding hydrogens is 190 g/mol. The number of carbonyl (C=O) groups is 1. The zero-order valence-corrected chi connectivity index (χ0v) is 8.86. The van der Waals surface area contributed by atoms with Gasteiger partial charge in [-0.25, -0.2) is 9.97 Å². The van der Waals surface area contributed by atoms with E-state index in [4.69, 9.17) is 0 Å². The molecule has 1 aromatic rings. The van der Waals surface area contributed by atoms with E-state index >= 15 is 0 Å². The van der Waals surface area contributed by atoms with Crippen LogP contribution in [-0.2, 0) is 0 Å². The van der Waals surface area contributed by atoms with E-state index in [0.29, 0.717) is 5.56 Å². The molecule has 80 valence electrons. The highest BCUT2D eigenvalue weighted by Gasteiger charge is 2.39. The lowest BCUT2D eigenvalue weighted by Crippen LogP contribution is -2.47. The summed E-state index contributed by atoms with van der Waals surface area (Å²) in [6, 6.07) is 0. The summed E-state index contributed by atoms with van der Waals surface area (Å²) >= 11 is 0. The van der Waals surface area contributed by atoms with Gasteiger partial charge in [0.15, 0.2) is 5.78 Å². The summed E-state index contributed by atoms with van der Waals surface area (Å²) in [4.78, 5) is 20.0. The lowest BCUT2D eigenvalue weighted by molar-refractivity contribution is 0.0863. The highest BCUT2D eigenvalue weighted by atomic mass is 16.1. The van der Waals surface area contributed by atoms with E-state index in [9.17, 15) is 4.79 Å². The molecule has 1 aliphatic heterocycles. The van der Waals surface area contributed by atoms with Crippen molar-refractivity contribution in [1.82, 2.24) is 15.3 Å². The minimum atomic E-state index is -0.370. The van der Waals surface area contributed by atoms with Crippen LogP contribution in [0.5, 0.6) is 0 Å². The summed E-state index contributed by atoms with van der Waals surface area (Å²) in [5.74, 6) is 0.128. The number of rotatable bonds is 3. The predicted molar refractivity (Wildman–Crippen MR) is 56.6 cm³/mol. The van der Waals surface area contributed by atoms with Crippen LogP contribution in [0.4, 0.5) is 0 Å². The highest BCUT2D eigenvalue weighted by molar-refractivity contribution is 6.03. The van der Waals surface area contributed by atoms with E-state index in [1.54, 1.807) is 12.4 Å². The van der Waals surface area contributed by atoms with Crippen LogP contribution in [0.1, 0.15) is 36.5 Å². The number of hydrogen-bond donors (Lipinski definition) is 1. The lowest BCUT2D eigenvalue weighted by Gasteiger charge is -2.26. The third kappa shape index (κ3) is 1.77. The molecule has 1 atom stereocenters. The fourth-order valence-electron chi connectivity index (χ4n) is 2.16.